The van der Waals surface area contributed by atoms with Gasteiger partial charge in [-0.25, -0.2) is 4.79 Å². The number of nitrogens with zero attached hydrogens (tertiary/aromatic N) is 2. The average molecular weight is 234 g/mol. The van der Waals surface area contributed by atoms with Crippen LogP contribution in [0.4, 0.5) is 5.69 Å². The van der Waals surface area contributed by atoms with Crippen LogP contribution in [0, 0.1) is 10.1 Å². The van der Waals surface area contributed by atoms with Gasteiger partial charge in [-0.05, 0) is 19.1 Å². The van der Waals surface area contributed by atoms with Gasteiger partial charge in [-0.1, -0.05) is 0 Å². The molecule has 0 unspecified atom stereocenters. The zero-order valence-electron chi connectivity index (χ0n) is 9.03. The smallest absolute Gasteiger partial charge is 0.326 e. The molecule has 0 saturated heterocycles. The van der Waals surface area contributed by atoms with Crippen LogP contribution in [0.3, 0.4) is 0 Å². The van der Waals surface area contributed by atoms with E-state index >= 15 is 0 Å². The maximum absolute atomic E-state index is 10.9. The molecule has 0 fully saturated rings. The number of aliphatic carboxylic acids is 1. The van der Waals surface area contributed by atoms with Crippen molar-refractivity contribution in [2.75, 3.05) is 0 Å². The van der Waals surface area contributed by atoms with E-state index in [0.717, 1.165) is 0 Å². The molecule has 1 atom stereocenters. The largest absolute Gasteiger partial charge is 0.480 e. The van der Waals surface area contributed by atoms with Crippen LogP contribution in [0.15, 0.2) is 30.5 Å². The molecular weight excluding hydrogens is 224 g/mol. The Hall–Kier alpha value is -2.37. The van der Waals surface area contributed by atoms with Crippen LogP contribution in [-0.4, -0.2) is 20.6 Å². The number of nitro benzene ring substituents is 1. The summed E-state index contributed by atoms with van der Waals surface area (Å²) in [5.41, 5.74) is 0.670. The minimum Gasteiger partial charge on any atom is -0.480 e. The van der Waals surface area contributed by atoms with Crippen LogP contribution in [0.2, 0.25) is 0 Å². The number of carbonyl (C=O) groups is 1. The summed E-state index contributed by atoms with van der Waals surface area (Å²) in [4.78, 5) is 21.0. The fourth-order valence-corrected chi connectivity index (χ4v) is 1.72. The summed E-state index contributed by atoms with van der Waals surface area (Å²) in [6.07, 6.45) is 1.62. The molecule has 2 aromatic rings. The first-order valence-electron chi connectivity index (χ1n) is 4.98. The number of carboxylic acids is 1. The number of nitro groups is 1. The molecule has 0 spiro atoms. The summed E-state index contributed by atoms with van der Waals surface area (Å²) >= 11 is 0. The highest BCUT2D eigenvalue weighted by molar-refractivity contribution is 5.84. The Morgan fingerprint density at radius 1 is 1.47 bits per heavy atom. The molecule has 0 radical (unpaired) electrons. The lowest BCUT2D eigenvalue weighted by atomic mass is 10.2. The quantitative estimate of drug-likeness (QED) is 0.651. The number of aromatic nitrogens is 1. The van der Waals surface area contributed by atoms with Crippen molar-refractivity contribution in [2.45, 2.75) is 13.0 Å². The van der Waals surface area contributed by atoms with E-state index in [1.807, 2.05) is 0 Å². The number of carboxylic acid groups (broad SMARTS) is 1. The Morgan fingerprint density at radius 3 is 2.76 bits per heavy atom. The van der Waals surface area contributed by atoms with E-state index in [2.05, 4.69) is 0 Å². The van der Waals surface area contributed by atoms with Crippen molar-refractivity contribution in [3.05, 3.63) is 40.6 Å². The number of rotatable bonds is 3. The van der Waals surface area contributed by atoms with E-state index in [1.165, 1.54) is 12.1 Å². The first-order valence-corrected chi connectivity index (χ1v) is 4.98. The van der Waals surface area contributed by atoms with Crippen molar-refractivity contribution in [2.24, 2.45) is 0 Å². The van der Waals surface area contributed by atoms with Crippen molar-refractivity contribution < 1.29 is 14.8 Å². The summed E-state index contributed by atoms with van der Waals surface area (Å²) in [6, 6.07) is 5.33. The third-order valence-electron chi connectivity index (χ3n) is 2.69. The van der Waals surface area contributed by atoms with Gasteiger partial charge in [0, 0.05) is 29.2 Å². The van der Waals surface area contributed by atoms with E-state index in [4.69, 9.17) is 5.11 Å². The summed E-state index contributed by atoms with van der Waals surface area (Å²) in [5, 5.41) is 20.2. The molecule has 0 amide bonds. The first kappa shape index (κ1) is 11.1. The van der Waals surface area contributed by atoms with Gasteiger partial charge in [-0.3, -0.25) is 10.1 Å². The van der Waals surface area contributed by atoms with Gasteiger partial charge in [0.1, 0.15) is 6.04 Å². The highest BCUT2D eigenvalue weighted by atomic mass is 16.6. The molecule has 6 heteroatoms. The molecule has 1 aromatic carbocycles. The molecule has 1 aromatic heterocycles. The molecule has 88 valence electrons. The molecule has 0 bridgehead atoms. The Bertz CT molecular complexity index is 603. The van der Waals surface area contributed by atoms with Crippen molar-refractivity contribution in [3.63, 3.8) is 0 Å². The maximum atomic E-state index is 10.9. The molecule has 2 rings (SSSR count). The number of non-ortho nitro benzene ring substituents is 1. The van der Waals surface area contributed by atoms with E-state index in [1.54, 1.807) is 29.8 Å². The lowest BCUT2D eigenvalue weighted by Crippen LogP contribution is -2.14. The minimum atomic E-state index is -0.944. The van der Waals surface area contributed by atoms with Gasteiger partial charge in [0.25, 0.3) is 5.69 Å². The van der Waals surface area contributed by atoms with Crippen LogP contribution in [0.25, 0.3) is 10.9 Å². The molecular formula is C11H10N2O4. The van der Waals surface area contributed by atoms with Gasteiger partial charge in [0.2, 0.25) is 0 Å². The van der Waals surface area contributed by atoms with Crippen LogP contribution < -0.4 is 0 Å². The molecule has 0 aliphatic carbocycles. The van der Waals surface area contributed by atoms with Gasteiger partial charge in [-0.15, -0.1) is 0 Å². The Balaban J connectivity index is 2.56. The van der Waals surface area contributed by atoms with Gasteiger partial charge in [0.05, 0.1) is 4.92 Å². The van der Waals surface area contributed by atoms with E-state index in [0.29, 0.717) is 10.9 Å². The highest BCUT2D eigenvalue weighted by Crippen LogP contribution is 2.24. The zero-order valence-corrected chi connectivity index (χ0v) is 9.03. The topological polar surface area (TPSA) is 85.4 Å². The Morgan fingerprint density at radius 2 is 2.18 bits per heavy atom. The van der Waals surface area contributed by atoms with Crippen LogP contribution in [0.1, 0.15) is 13.0 Å². The lowest BCUT2D eigenvalue weighted by Gasteiger charge is -2.09. The lowest BCUT2D eigenvalue weighted by molar-refractivity contribution is -0.384. The van der Waals surface area contributed by atoms with Crippen molar-refractivity contribution in [3.8, 4) is 0 Å². The van der Waals surface area contributed by atoms with Crippen LogP contribution in [-0.2, 0) is 4.79 Å². The van der Waals surface area contributed by atoms with E-state index < -0.39 is 16.9 Å². The molecule has 6 nitrogen and oxygen atoms in total. The molecule has 0 aliphatic heterocycles. The van der Waals surface area contributed by atoms with E-state index in [9.17, 15) is 14.9 Å². The highest BCUT2D eigenvalue weighted by Gasteiger charge is 2.16. The number of hydrogen-bond donors (Lipinski definition) is 1. The number of benzene rings is 1. The third kappa shape index (κ3) is 1.84. The fourth-order valence-electron chi connectivity index (χ4n) is 1.72. The summed E-state index contributed by atoms with van der Waals surface area (Å²) in [7, 11) is 0. The first-order chi connectivity index (χ1) is 8.00. The standard InChI is InChI=1S/C11H10N2O4/c1-7(11(14)15)12-5-4-8-6-9(13(16)17)2-3-10(8)12/h2-7H,1H3,(H,14,15)/t7-/m0/s1. The summed E-state index contributed by atoms with van der Waals surface area (Å²) in [6.45, 7) is 1.56. The van der Waals surface area contributed by atoms with Gasteiger partial charge >= 0.3 is 5.97 Å². The second-order valence-corrected chi connectivity index (χ2v) is 3.74. The number of fused-ring (bicyclic) bond motifs is 1. The monoisotopic (exact) mass is 234 g/mol. The number of hydrogen-bond acceptors (Lipinski definition) is 3. The van der Waals surface area contributed by atoms with Gasteiger partial charge in [-0.2, -0.15) is 0 Å². The third-order valence-corrected chi connectivity index (χ3v) is 2.69. The second-order valence-electron chi connectivity index (χ2n) is 3.74. The van der Waals surface area contributed by atoms with Crippen LogP contribution >= 0.6 is 0 Å². The predicted octanol–water partition coefficient (Wildman–Crippen LogP) is 2.20. The van der Waals surface area contributed by atoms with Gasteiger partial charge in [0.15, 0.2) is 0 Å². The Kier molecular flexibility index (Phi) is 2.55. The predicted molar refractivity (Wildman–Crippen MR) is 60.9 cm³/mol. The van der Waals surface area contributed by atoms with Gasteiger partial charge < -0.3 is 9.67 Å². The SMILES string of the molecule is C[C@@H](C(=O)O)n1ccc2cc([N+](=O)[O-])ccc21. The molecule has 1 heterocycles. The van der Waals surface area contributed by atoms with E-state index in [-0.39, 0.29) is 5.69 Å². The maximum Gasteiger partial charge on any atom is 0.326 e. The van der Waals surface area contributed by atoms with Crippen LogP contribution in [0.5, 0.6) is 0 Å². The zero-order chi connectivity index (χ0) is 12.6. The fraction of sp³-hybridized carbons (Fsp3) is 0.182. The van der Waals surface area contributed by atoms with Crippen molar-refractivity contribution >= 4 is 22.6 Å². The molecule has 17 heavy (non-hydrogen) atoms. The molecule has 0 aliphatic rings. The minimum absolute atomic E-state index is 0.00164. The molecule has 1 N–H and O–H groups in total. The van der Waals surface area contributed by atoms with Crippen molar-refractivity contribution in [1.82, 2.24) is 4.57 Å². The Labute approximate surface area is 96.2 Å². The summed E-state index contributed by atoms with van der Waals surface area (Å²) in [5.74, 6) is -0.944. The summed E-state index contributed by atoms with van der Waals surface area (Å²) < 4.78 is 1.57. The normalized spacial score (nSPS) is 12.5. The average Bonchev–Trinajstić information content (AvgIpc) is 2.70. The van der Waals surface area contributed by atoms with Crippen molar-refractivity contribution in [1.29, 1.82) is 0 Å². The second kappa shape index (κ2) is 3.89. The molecule has 0 saturated carbocycles.